The summed E-state index contributed by atoms with van der Waals surface area (Å²) in [4.78, 5) is 3.84. The average Bonchev–Trinajstić information content (AvgIpc) is 2.15. The van der Waals surface area contributed by atoms with Crippen LogP contribution in [0.2, 0.25) is 0 Å². The summed E-state index contributed by atoms with van der Waals surface area (Å²) in [6, 6.07) is 1.48. The van der Waals surface area contributed by atoms with Crippen LogP contribution in [0.3, 0.4) is 0 Å². The van der Waals surface area contributed by atoms with Gasteiger partial charge in [-0.2, -0.15) is 0 Å². The number of nitrogens with two attached hydrogens (primary N) is 1. The van der Waals surface area contributed by atoms with E-state index in [2.05, 4.69) is 9.71 Å². The maximum atomic E-state index is 11.9. The van der Waals surface area contributed by atoms with Crippen molar-refractivity contribution in [2.75, 3.05) is 12.3 Å². The summed E-state index contributed by atoms with van der Waals surface area (Å²) >= 11 is 0. The quantitative estimate of drug-likeness (QED) is 0.814. The van der Waals surface area contributed by atoms with E-state index in [0.717, 1.165) is 12.8 Å². The molecule has 5 nitrogen and oxygen atoms in total. The van der Waals surface area contributed by atoms with E-state index in [-0.39, 0.29) is 10.6 Å². The first kappa shape index (κ1) is 11.3. The fourth-order valence-corrected chi connectivity index (χ4v) is 2.81. The zero-order chi connectivity index (χ0) is 11.6. The topological polar surface area (TPSA) is 85.1 Å². The van der Waals surface area contributed by atoms with E-state index in [1.54, 1.807) is 0 Å². The summed E-state index contributed by atoms with van der Waals surface area (Å²) in [6.45, 7) is 0.497. The predicted octanol–water partition coefficient (Wildman–Crippen LogP) is 0.742. The van der Waals surface area contributed by atoms with Crippen molar-refractivity contribution in [1.82, 2.24) is 9.71 Å². The highest BCUT2D eigenvalue weighted by atomic mass is 32.2. The predicted molar refractivity (Wildman–Crippen MR) is 61.2 cm³/mol. The van der Waals surface area contributed by atoms with Gasteiger partial charge in [0.25, 0.3) is 0 Å². The van der Waals surface area contributed by atoms with Gasteiger partial charge >= 0.3 is 0 Å². The summed E-state index contributed by atoms with van der Waals surface area (Å²) in [7, 11) is -3.50. The summed E-state index contributed by atoms with van der Waals surface area (Å²) in [5.74, 6) is 0.479. The molecule has 0 atom stereocenters. The fraction of sp³-hybridized carbons (Fsp3) is 0.500. The number of anilines is 1. The first-order valence-electron chi connectivity index (χ1n) is 5.29. The van der Waals surface area contributed by atoms with E-state index in [9.17, 15) is 8.42 Å². The van der Waals surface area contributed by atoms with Crippen LogP contribution in [-0.2, 0) is 10.0 Å². The van der Waals surface area contributed by atoms with E-state index in [1.165, 1.54) is 24.9 Å². The summed E-state index contributed by atoms with van der Waals surface area (Å²) in [6.07, 6.45) is 6.15. The zero-order valence-electron chi connectivity index (χ0n) is 8.89. The largest absolute Gasteiger partial charge is 0.398 e. The van der Waals surface area contributed by atoms with Crippen molar-refractivity contribution in [2.45, 2.75) is 24.2 Å². The molecule has 6 heteroatoms. The van der Waals surface area contributed by atoms with Crippen molar-refractivity contribution in [2.24, 2.45) is 5.92 Å². The molecular weight excluding hydrogens is 226 g/mol. The smallest absolute Gasteiger partial charge is 0.244 e. The molecule has 88 valence electrons. The Bertz CT molecular complexity index is 469. The van der Waals surface area contributed by atoms with Crippen LogP contribution < -0.4 is 10.5 Å². The monoisotopic (exact) mass is 241 g/mol. The Labute approximate surface area is 95.1 Å². The lowest BCUT2D eigenvalue weighted by molar-refractivity contribution is 0.316. The van der Waals surface area contributed by atoms with Gasteiger partial charge in [0, 0.05) is 18.9 Å². The van der Waals surface area contributed by atoms with Gasteiger partial charge in [-0.15, -0.1) is 0 Å². The SMILES string of the molecule is Nc1ccncc1S(=O)(=O)NCC1CCC1. The number of aromatic nitrogens is 1. The first-order valence-corrected chi connectivity index (χ1v) is 6.77. The lowest BCUT2D eigenvalue weighted by atomic mass is 9.86. The molecular formula is C10H15N3O2S. The fourth-order valence-electron chi connectivity index (χ4n) is 1.62. The molecule has 1 saturated carbocycles. The molecule has 1 aliphatic carbocycles. The van der Waals surface area contributed by atoms with Crippen molar-refractivity contribution in [3.05, 3.63) is 18.5 Å². The summed E-state index contributed by atoms with van der Waals surface area (Å²) in [5.41, 5.74) is 5.83. The molecule has 0 bridgehead atoms. The third-order valence-corrected chi connectivity index (χ3v) is 4.36. The molecule has 0 amide bonds. The molecule has 3 N–H and O–H groups in total. The Balaban J connectivity index is 2.09. The van der Waals surface area contributed by atoms with Gasteiger partial charge in [0.1, 0.15) is 4.90 Å². The Kier molecular flexibility index (Phi) is 3.11. The Hall–Kier alpha value is -1.14. The molecule has 1 aromatic heterocycles. The van der Waals surface area contributed by atoms with Crippen LogP contribution in [0, 0.1) is 5.92 Å². The number of nitrogens with one attached hydrogen (secondary N) is 1. The second-order valence-electron chi connectivity index (χ2n) is 4.06. The third-order valence-electron chi connectivity index (χ3n) is 2.89. The van der Waals surface area contributed by atoms with Crippen molar-refractivity contribution in [1.29, 1.82) is 0 Å². The van der Waals surface area contributed by atoms with Crippen LogP contribution >= 0.6 is 0 Å². The van der Waals surface area contributed by atoms with Gasteiger partial charge < -0.3 is 5.73 Å². The van der Waals surface area contributed by atoms with Crippen LogP contribution in [-0.4, -0.2) is 19.9 Å². The van der Waals surface area contributed by atoms with Crippen molar-refractivity contribution < 1.29 is 8.42 Å². The number of nitrogens with zero attached hydrogens (tertiary/aromatic N) is 1. The molecule has 0 aromatic carbocycles. The molecule has 1 fully saturated rings. The van der Waals surface area contributed by atoms with E-state index < -0.39 is 10.0 Å². The maximum absolute atomic E-state index is 11.9. The van der Waals surface area contributed by atoms with Crippen molar-refractivity contribution in [3.8, 4) is 0 Å². The second-order valence-corrected chi connectivity index (χ2v) is 5.80. The molecule has 0 radical (unpaired) electrons. The number of nitrogen functional groups attached to an aromatic ring is 1. The van der Waals surface area contributed by atoms with Gasteiger partial charge in [-0.3, -0.25) is 4.98 Å². The highest BCUT2D eigenvalue weighted by Gasteiger charge is 2.22. The molecule has 1 aromatic rings. The van der Waals surface area contributed by atoms with Gasteiger partial charge in [0.2, 0.25) is 10.0 Å². The van der Waals surface area contributed by atoms with Gasteiger partial charge in [0.15, 0.2) is 0 Å². The summed E-state index contributed by atoms with van der Waals surface area (Å²) in [5, 5.41) is 0. The van der Waals surface area contributed by atoms with Crippen LogP contribution in [0.15, 0.2) is 23.4 Å². The first-order chi connectivity index (χ1) is 7.59. The molecule has 1 aliphatic rings. The molecule has 0 unspecified atom stereocenters. The minimum atomic E-state index is -3.50. The second kappa shape index (κ2) is 4.39. The Morgan fingerprint density at radius 2 is 2.25 bits per heavy atom. The molecule has 0 aliphatic heterocycles. The van der Waals surface area contributed by atoms with Gasteiger partial charge in [-0.25, -0.2) is 13.1 Å². The molecule has 0 saturated heterocycles. The lowest BCUT2D eigenvalue weighted by Crippen LogP contribution is -2.32. The molecule has 2 rings (SSSR count). The number of hydrogen-bond acceptors (Lipinski definition) is 4. The summed E-state index contributed by atoms with van der Waals surface area (Å²) < 4.78 is 26.3. The number of hydrogen-bond donors (Lipinski definition) is 2. The molecule has 1 heterocycles. The van der Waals surface area contributed by atoms with Crippen LogP contribution in [0.4, 0.5) is 5.69 Å². The van der Waals surface area contributed by atoms with Gasteiger partial charge in [-0.05, 0) is 24.8 Å². The number of sulfonamides is 1. The van der Waals surface area contributed by atoms with Crippen LogP contribution in [0.5, 0.6) is 0 Å². The highest BCUT2D eigenvalue weighted by molar-refractivity contribution is 7.89. The third kappa shape index (κ3) is 2.33. The normalized spacial score (nSPS) is 17.0. The minimum Gasteiger partial charge on any atom is -0.398 e. The van der Waals surface area contributed by atoms with E-state index in [1.807, 2.05) is 0 Å². The average molecular weight is 241 g/mol. The molecule has 16 heavy (non-hydrogen) atoms. The number of pyridine rings is 1. The van der Waals surface area contributed by atoms with E-state index >= 15 is 0 Å². The van der Waals surface area contributed by atoms with Crippen LogP contribution in [0.1, 0.15) is 19.3 Å². The van der Waals surface area contributed by atoms with Crippen LogP contribution in [0.25, 0.3) is 0 Å². The van der Waals surface area contributed by atoms with Gasteiger partial charge in [-0.1, -0.05) is 6.42 Å². The Morgan fingerprint density at radius 3 is 2.81 bits per heavy atom. The van der Waals surface area contributed by atoms with E-state index in [0.29, 0.717) is 12.5 Å². The van der Waals surface area contributed by atoms with Crippen molar-refractivity contribution in [3.63, 3.8) is 0 Å². The standard InChI is InChI=1S/C10H15N3O2S/c11-9-4-5-12-7-10(9)16(14,15)13-6-8-2-1-3-8/h4-5,7-8,13H,1-3,6H2,(H2,11,12). The highest BCUT2D eigenvalue weighted by Crippen LogP contribution is 2.26. The zero-order valence-corrected chi connectivity index (χ0v) is 9.70. The Morgan fingerprint density at radius 1 is 1.50 bits per heavy atom. The van der Waals surface area contributed by atoms with Crippen molar-refractivity contribution >= 4 is 15.7 Å². The lowest BCUT2D eigenvalue weighted by Gasteiger charge is -2.25. The molecule has 0 spiro atoms. The van der Waals surface area contributed by atoms with E-state index in [4.69, 9.17) is 5.73 Å². The number of rotatable bonds is 4. The minimum absolute atomic E-state index is 0.0642. The maximum Gasteiger partial charge on any atom is 0.244 e. The van der Waals surface area contributed by atoms with Gasteiger partial charge in [0.05, 0.1) is 5.69 Å².